The van der Waals surface area contributed by atoms with E-state index in [1.165, 1.54) is 0 Å². The Balaban J connectivity index is 1.87. The molecule has 0 aromatic heterocycles. The minimum Gasteiger partial charge on any atom is -0.497 e. The number of amides is 2. The van der Waals surface area contributed by atoms with Crippen molar-refractivity contribution in [1.82, 2.24) is 0 Å². The second kappa shape index (κ2) is 6.96. The molecule has 3 rings (SSSR count). The molecule has 0 saturated carbocycles. The van der Waals surface area contributed by atoms with Gasteiger partial charge in [0.25, 0.3) is 0 Å². The number of methoxy groups -OCH3 is 1. The molecule has 0 bridgehead atoms. The lowest BCUT2D eigenvalue weighted by Crippen LogP contribution is -2.39. The van der Waals surface area contributed by atoms with Gasteiger partial charge in [-0.3, -0.25) is 9.89 Å². The highest BCUT2D eigenvalue weighted by Crippen LogP contribution is 2.23. The Morgan fingerprint density at radius 2 is 1.87 bits per heavy atom. The molecule has 2 amide bonds. The van der Waals surface area contributed by atoms with Gasteiger partial charge in [-0.25, -0.2) is 4.79 Å². The van der Waals surface area contributed by atoms with Gasteiger partial charge < -0.3 is 10.1 Å². The highest BCUT2D eigenvalue weighted by atomic mass is 16.5. The second-order valence-corrected chi connectivity index (χ2v) is 5.23. The molecule has 5 heteroatoms. The number of hydrogen-bond donors (Lipinski definition) is 1. The summed E-state index contributed by atoms with van der Waals surface area (Å²) in [7, 11) is 1.62. The number of carbonyl (C=O) groups excluding carboxylic acids is 1. The summed E-state index contributed by atoms with van der Waals surface area (Å²) in [5.74, 6) is 1.55. The molecule has 0 aliphatic carbocycles. The number of anilines is 2. The molecular formula is C18H19N3O2. The molecule has 0 saturated heterocycles. The SMILES string of the molecule is COc1ccc(N(C(=O)Nc2ccccc2)C2=NCCC2)cc1. The molecule has 2 aromatic carbocycles. The fraction of sp³-hybridized carbons (Fsp3) is 0.222. The van der Waals surface area contributed by atoms with Crippen LogP contribution in [-0.4, -0.2) is 25.5 Å². The van der Waals surface area contributed by atoms with E-state index < -0.39 is 0 Å². The van der Waals surface area contributed by atoms with Crippen molar-refractivity contribution in [2.24, 2.45) is 4.99 Å². The number of para-hydroxylation sites is 1. The number of hydrogen-bond acceptors (Lipinski definition) is 3. The number of ether oxygens (including phenoxy) is 1. The van der Waals surface area contributed by atoms with E-state index in [4.69, 9.17) is 4.74 Å². The van der Waals surface area contributed by atoms with Gasteiger partial charge >= 0.3 is 6.03 Å². The summed E-state index contributed by atoms with van der Waals surface area (Å²) >= 11 is 0. The van der Waals surface area contributed by atoms with Crippen LogP contribution >= 0.6 is 0 Å². The lowest BCUT2D eigenvalue weighted by atomic mass is 10.2. The van der Waals surface area contributed by atoms with E-state index in [1.54, 1.807) is 12.0 Å². The number of aliphatic imine (C=N–C) groups is 1. The quantitative estimate of drug-likeness (QED) is 0.934. The van der Waals surface area contributed by atoms with Crippen molar-refractivity contribution in [2.75, 3.05) is 23.9 Å². The maximum atomic E-state index is 12.8. The first-order valence-electron chi connectivity index (χ1n) is 7.61. The molecule has 1 aliphatic heterocycles. The molecule has 5 nitrogen and oxygen atoms in total. The number of rotatable bonds is 3. The first-order valence-corrected chi connectivity index (χ1v) is 7.61. The highest BCUT2D eigenvalue weighted by Gasteiger charge is 2.23. The lowest BCUT2D eigenvalue weighted by Gasteiger charge is -2.23. The summed E-state index contributed by atoms with van der Waals surface area (Å²) in [5.41, 5.74) is 1.54. The Morgan fingerprint density at radius 1 is 1.13 bits per heavy atom. The van der Waals surface area contributed by atoms with E-state index in [-0.39, 0.29) is 6.03 Å². The van der Waals surface area contributed by atoms with Gasteiger partial charge in [-0.05, 0) is 42.8 Å². The molecule has 0 atom stereocenters. The summed E-state index contributed by atoms with van der Waals surface area (Å²) < 4.78 is 5.18. The van der Waals surface area contributed by atoms with Crippen LogP contribution in [-0.2, 0) is 0 Å². The van der Waals surface area contributed by atoms with Gasteiger partial charge in [-0.15, -0.1) is 0 Å². The van der Waals surface area contributed by atoms with E-state index in [2.05, 4.69) is 10.3 Å². The van der Waals surface area contributed by atoms with Gasteiger partial charge in [0.15, 0.2) is 0 Å². The monoisotopic (exact) mass is 309 g/mol. The van der Waals surface area contributed by atoms with Gasteiger partial charge in [0, 0.05) is 18.7 Å². The molecule has 1 heterocycles. The van der Waals surface area contributed by atoms with Crippen LogP contribution in [0.1, 0.15) is 12.8 Å². The van der Waals surface area contributed by atoms with Crippen molar-refractivity contribution in [3.63, 3.8) is 0 Å². The van der Waals surface area contributed by atoms with Crippen LogP contribution in [0.4, 0.5) is 16.2 Å². The minimum atomic E-state index is -0.206. The molecule has 0 fully saturated rings. The fourth-order valence-corrected chi connectivity index (χ4v) is 2.52. The normalized spacial score (nSPS) is 13.3. The standard InChI is InChI=1S/C18H19N3O2/c1-23-16-11-9-15(10-12-16)21(17-8-5-13-19-17)18(22)20-14-6-3-2-4-7-14/h2-4,6-7,9-12H,5,8,13H2,1H3,(H,20,22). The van der Waals surface area contributed by atoms with E-state index in [9.17, 15) is 4.79 Å². The first-order chi connectivity index (χ1) is 11.3. The average Bonchev–Trinajstić information content (AvgIpc) is 3.11. The van der Waals surface area contributed by atoms with Crippen LogP contribution in [0.2, 0.25) is 0 Å². The Morgan fingerprint density at radius 3 is 2.48 bits per heavy atom. The van der Waals surface area contributed by atoms with Crippen molar-refractivity contribution >= 4 is 23.2 Å². The zero-order valence-corrected chi connectivity index (χ0v) is 13.0. The van der Waals surface area contributed by atoms with Gasteiger partial charge in [0.1, 0.15) is 11.6 Å². The number of benzene rings is 2. The predicted octanol–water partition coefficient (Wildman–Crippen LogP) is 3.93. The molecule has 118 valence electrons. The molecule has 0 unspecified atom stereocenters. The summed E-state index contributed by atoms with van der Waals surface area (Å²) in [6, 6.07) is 16.6. The topological polar surface area (TPSA) is 53.9 Å². The smallest absolute Gasteiger partial charge is 0.331 e. The third-order valence-electron chi connectivity index (χ3n) is 3.67. The molecular weight excluding hydrogens is 290 g/mol. The zero-order valence-electron chi connectivity index (χ0n) is 13.0. The molecule has 1 aliphatic rings. The number of urea groups is 1. The number of amidine groups is 1. The molecule has 1 N–H and O–H groups in total. The Kier molecular flexibility index (Phi) is 4.57. The maximum absolute atomic E-state index is 12.8. The van der Waals surface area contributed by atoms with Crippen LogP contribution in [0.15, 0.2) is 59.6 Å². The second-order valence-electron chi connectivity index (χ2n) is 5.23. The molecule has 0 radical (unpaired) electrons. The maximum Gasteiger partial charge on any atom is 0.331 e. The predicted molar refractivity (Wildman–Crippen MR) is 92.5 cm³/mol. The molecule has 0 spiro atoms. The largest absolute Gasteiger partial charge is 0.497 e. The number of nitrogens with zero attached hydrogens (tertiary/aromatic N) is 2. The third-order valence-corrected chi connectivity index (χ3v) is 3.67. The fourth-order valence-electron chi connectivity index (χ4n) is 2.52. The van der Waals surface area contributed by atoms with Crippen molar-refractivity contribution in [3.05, 3.63) is 54.6 Å². The van der Waals surface area contributed by atoms with Crippen molar-refractivity contribution < 1.29 is 9.53 Å². The van der Waals surface area contributed by atoms with Gasteiger partial charge in [0.2, 0.25) is 0 Å². The molecule has 2 aromatic rings. The zero-order chi connectivity index (χ0) is 16.1. The van der Waals surface area contributed by atoms with Crippen LogP contribution in [0, 0.1) is 0 Å². The van der Waals surface area contributed by atoms with Crippen molar-refractivity contribution in [1.29, 1.82) is 0 Å². The lowest BCUT2D eigenvalue weighted by molar-refractivity contribution is 0.259. The average molecular weight is 309 g/mol. The van der Waals surface area contributed by atoms with Crippen LogP contribution in [0.25, 0.3) is 0 Å². The Bertz CT molecular complexity index is 696. The van der Waals surface area contributed by atoms with Gasteiger partial charge in [-0.1, -0.05) is 18.2 Å². The van der Waals surface area contributed by atoms with E-state index in [0.717, 1.165) is 42.3 Å². The Labute approximate surface area is 135 Å². The highest BCUT2D eigenvalue weighted by molar-refractivity contribution is 6.20. The van der Waals surface area contributed by atoms with Gasteiger partial charge in [-0.2, -0.15) is 0 Å². The Hall–Kier alpha value is -2.82. The summed E-state index contributed by atoms with van der Waals surface area (Å²) in [6.07, 6.45) is 1.77. The van der Waals surface area contributed by atoms with Crippen LogP contribution in [0.5, 0.6) is 5.75 Å². The summed E-state index contributed by atoms with van der Waals surface area (Å²) in [6.45, 7) is 0.764. The van der Waals surface area contributed by atoms with Crippen molar-refractivity contribution in [3.8, 4) is 5.75 Å². The number of carbonyl (C=O) groups is 1. The van der Waals surface area contributed by atoms with Gasteiger partial charge in [0.05, 0.1) is 12.8 Å². The molecule has 23 heavy (non-hydrogen) atoms. The summed E-state index contributed by atoms with van der Waals surface area (Å²) in [5, 5.41) is 2.92. The van der Waals surface area contributed by atoms with E-state index in [0.29, 0.717) is 0 Å². The van der Waals surface area contributed by atoms with E-state index in [1.807, 2.05) is 54.6 Å². The number of nitrogens with one attached hydrogen (secondary N) is 1. The van der Waals surface area contributed by atoms with Crippen LogP contribution in [0.3, 0.4) is 0 Å². The van der Waals surface area contributed by atoms with Crippen molar-refractivity contribution in [2.45, 2.75) is 12.8 Å². The minimum absolute atomic E-state index is 0.206. The first kappa shape index (κ1) is 15.1. The van der Waals surface area contributed by atoms with E-state index >= 15 is 0 Å². The summed E-state index contributed by atoms with van der Waals surface area (Å²) in [4.78, 5) is 18.9. The van der Waals surface area contributed by atoms with Crippen LogP contribution < -0.4 is 15.0 Å². The third kappa shape index (κ3) is 3.51.